The van der Waals surface area contributed by atoms with E-state index in [0.717, 1.165) is 22.0 Å². The maximum absolute atomic E-state index is 14.0. The first-order valence-corrected chi connectivity index (χ1v) is 8.69. The number of H-pyrrole nitrogens is 1. The lowest BCUT2D eigenvalue weighted by Crippen LogP contribution is -2.20. The Hall–Kier alpha value is -3.87. The van der Waals surface area contributed by atoms with Crippen molar-refractivity contribution in [2.24, 2.45) is 0 Å². The highest BCUT2D eigenvalue weighted by Crippen LogP contribution is 2.31. The van der Waals surface area contributed by atoms with Gasteiger partial charge in [-0.1, -0.05) is 36.4 Å². The zero-order valence-corrected chi connectivity index (χ0v) is 15.1. The minimum absolute atomic E-state index is 0.135. The van der Waals surface area contributed by atoms with Crippen LogP contribution in [0, 0.1) is 12.7 Å². The number of nitrogens with two attached hydrogens (primary N) is 1. The number of hydrogen-bond acceptors (Lipinski definition) is 3. The molecule has 140 valence electrons. The first-order chi connectivity index (χ1) is 13.5. The molecular weight excluding hydrogens is 357 g/mol. The molecule has 0 saturated heterocycles. The topological polar surface area (TPSA) is 95.8 Å². The molecule has 6 nitrogen and oxygen atoms in total. The first-order valence-electron chi connectivity index (χ1n) is 8.69. The second-order valence-corrected chi connectivity index (χ2v) is 6.43. The molecule has 0 aliphatic rings. The number of benzene rings is 3. The molecule has 0 radical (unpaired) electrons. The number of carbonyl (C=O) groups excluding carboxylic acids is 1. The number of aromatic nitrogens is 2. The molecule has 0 saturated carbocycles. The highest BCUT2D eigenvalue weighted by atomic mass is 19.1. The molecule has 1 aromatic heterocycles. The quantitative estimate of drug-likeness (QED) is 0.410. The van der Waals surface area contributed by atoms with E-state index in [2.05, 4.69) is 20.8 Å². The molecule has 0 atom stereocenters. The van der Waals surface area contributed by atoms with Gasteiger partial charge < -0.3 is 16.4 Å². The van der Waals surface area contributed by atoms with Gasteiger partial charge in [-0.2, -0.15) is 5.10 Å². The molecule has 0 bridgehead atoms. The molecule has 0 aliphatic carbocycles. The number of amides is 2. The average molecular weight is 375 g/mol. The van der Waals surface area contributed by atoms with E-state index in [9.17, 15) is 9.18 Å². The van der Waals surface area contributed by atoms with Gasteiger partial charge >= 0.3 is 6.03 Å². The van der Waals surface area contributed by atoms with Crippen LogP contribution in [0.2, 0.25) is 0 Å². The molecule has 0 aliphatic heterocycles. The lowest BCUT2D eigenvalue weighted by atomic mass is 10.0. The predicted octanol–water partition coefficient (Wildman–Crippen LogP) is 4.90. The van der Waals surface area contributed by atoms with Crippen LogP contribution in [0.4, 0.5) is 26.4 Å². The molecule has 1 heterocycles. The van der Waals surface area contributed by atoms with Gasteiger partial charge in [0, 0.05) is 5.69 Å². The summed E-state index contributed by atoms with van der Waals surface area (Å²) in [6.07, 6.45) is 0. The largest absolute Gasteiger partial charge is 0.382 e. The van der Waals surface area contributed by atoms with Crippen LogP contribution in [0.3, 0.4) is 0 Å². The van der Waals surface area contributed by atoms with Gasteiger partial charge in [0.2, 0.25) is 0 Å². The molecule has 0 unspecified atom stereocenters. The van der Waals surface area contributed by atoms with E-state index in [-0.39, 0.29) is 5.69 Å². The Morgan fingerprint density at radius 3 is 2.57 bits per heavy atom. The summed E-state index contributed by atoms with van der Waals surface area (Å²) < 4.78 is 14.0. The van der Waals surface area contributed by atoms with E-state index in [1.54, 1.807) is 31.2 Å². The van der Waals surface area contributed by atoms with Crippen molar-refractivity contribution in [3.63, 3.8) is 0 Å². The molecule has 0 fully saturated rings. The number of urea groups is 1. The number of hydrogen-bond donors (Lipinski definition) is 4. The average Bonchev–Trinajstić information content (AvgIpc) is 3.07. The summed E-state index contributed by atoms with van der Waals surface area (Å²) in [7, 11) is 0. The van der Waals surface area contributed by atoms with Gasteiger partial charge in [-0.25, -0.2) is 9.18 Å². The Balaban J connectivity index is 1.52. The summed E-state index contributed by atoms with van der Waals surface area (Å²) in [4.78, 5) is 12.2. The van der Waals surface area contributed by atoms with Gasteiger partial charge in [0.15, 0.2) is 5.82 Å². The normalized spacial score (nSPS) is 10.8. The van der Waals surface area contributed by atoms with Crippen molar-refractivity contribution in [1.29, 1.82) is 0 Å². The summed E-state index contributed by atoms with van der Waals surface area (Å²) in [5.74, 6) is -0.00819. The fourth-order valence-corrected chi connectivity index (χ4v) is 3.10. The van der Waals surface area contributed by atoms with Gasteiger partial charge in [0.1, 0.15) is 5.82 Å². The monoisotopic (exact) mass is 375 g/mol. The summed E-state index contributed by atoms with van der Waals surface area (Å²) >= 11 is 0. The van der Waals surface area contributed by atoms with Crippen molar-refractivity contribution in [1.82, 2.24) is 10.2 Å². The Morgan fingerprint density at radius 1 is 1.04 bits per heavy atom. The highest BCUT2D eigenvalue weighted by molar-refractivity contribution is 6.02. The SMILES string of the molecule is Cc1cccc(NC(=O)Nc2ccc(-c3cccc4[nH]nc(N)c34)cc2)c1F. The summed E-state index contributed by atoms with van der Waals surface area (Å²) in [6.45, 7) is 1.64. The minimum atomic E-state index is -0.515. The van der Waals surface area contributed by atoms with E-state index in [1.807, 2.05) is 30.3 Å². The zero-order chi connectivity index (χ0) is 19.7. The smallest absolute Gasteiger partial charge is 0.323 e. The Morgan fingerprint density at radius 2 is 1.79 bits per heavy atom. The van der Waals surface area contributed by atoms with Crippen molar-refractivity contribution in [2.75, 3.05) is 16.4 Å². The van der Waals surface area contributed by atoms with Crippen LogP contribution < -0.4 is 16.4 Å². The molecule has 3 aromatic carbocycles. The van der Waals surface area contributed by atoms with Crippen LogP contribution >= 0.6 is 0 Å². The van der Waals surface area contributed by atoms with E-state index in [1.165, 1.54) is 6.07 Å². The fraction of sp³-hybridized carbons (Fsp3) is 0.0476. The maximum atomic E-state index is 14.0. The van der Waals surface area contributed by atoms with Gasteiger partial charge in [-0.3, -0.25) is 5.10 Å². The molecule has 5 N–H and O–H groups in total. The lowest BCUT2D eigenvalue weighted by Gasteiger charge is -2.10. The third kappa shape index (κ3) is 3.25. The maximum Gasteiger partial charge on any atom is 0.323 e. The van der Waals surface area contributed by atoms with Crippen LogP contribution in [0.15, 0.2) is 60.7 Å². The molecule has 7 heteroatoms. The summed E-state index contributed by atoms with van der Waals surface area (Å²) in [5, 5.41) is 13.0. The number of carbonyl (C=O) groups is 1. The Labute approximate surface area is 160 Å². The second kappa shape index (κ2) is 7.03. The van der Waals surface area contributed by atoms with Gasteiger partial charge in [0.25, 0.3) is 0 Å². The lowest BCUT2D eigenvalue weighted by molar-refractivity contribution is 0.262. The van der Waals surface area contributed by atoms with Crippen LogP contribution in [-0.2, 0) is 0 Å². The predicted molar refractivity (Wildman–Crippen MR) is 110 cm³/mol. The first kappa shape index (κ1) is 17.5. The number of aromatic amines is 1. The molecule has 4 rings (SSSR count). The number of rotatable bonds is 3. The highest BCUT2D eigenvalue weighted by Gasteiger charge is 2.11. The van der Waals surface area contributed by atoms with E-state index in [4.69, 9.17) is 5.73 Å². The van der Waals surface area contributed by atoms with Crippen LogP contribution in [0.1, 0.15) is 5.56 Å². The molecule has 4 aromatic rings. The van der Waals surface area contributed by atoms with Crippen molar-refractivity contribution in [3.05, 3.63) is 72.0 Å². The molecule has 2 amide bonds. The van der Waals surface area contributed by atoms with Crippen LogP contribution in [-0.4, -0.2) is 16.2 Å². The van der Waals surface area contributed by atoms with Gasteiger partial charge in [-0.15, -0.1) is 0 Å². The van der Waals surface area contributed by atoms with E-state index < -0.39 is 11.8 Å². The molecule has 28 heavy (non-hydrogen) atoms. The minimum Gasteiger partial charge on any atom is -0.382 e. The number of aryl methyl sites for hydroxylation is 1. The Bertz CT molecular complexity index is 1170. The summed E-state index contributed by atoms with van der Waals surface area (Å²) in [5.41, 5.74) is 9.90. The third-order valence-electron chi connectivity index (χ3n) is 4.51. The van der Waals surface area contributed by atoms with Crippen LogP contribution in [0.25, 0.3) is 22.0 Å². The number of fused-ring (bicyclic) bond motifs is 1. The number of anilines is 3. The van der Waals surface area contributed by atoms with Crippen molar-refractivity contribution < 1.29 is 9.18 Å². The van der Waals surface area contributed by atoms with E-state index >= 15 is 0 Å². The fourth-order valence-electron chi connectivity index (χ4n) is 3.10. The number of nitrogens with zero attached hydrogens (tertiary/aromatic N) is 1. The zero-order valence-electron chi connectivity index (χ0n) is 15.1. The van der Waals surface area contributed by atoms with E-state index in [0.29, 0.717) is 17.1 Å². The number of halogens is 1. The third-order valence-corrected chi connectivity index (χ3v) is 4.51. The van der Waals surface area contributed by atoms with Crippen LogP contribution in [0.5, 0.6) is 0 Å². The second-order valence-electron chi connectivity index (χ2n) is 6.43. The van der Waals surface area contributed by atoms with Gasteiger partial charge in [-0.05, 0) is 47.9 Å². The standard InChI is InChI=1S/C21H18FN5O/c1-12-4-2-7-17(19(12)22)25-21(28)24-14-10-8-13(9-11-14)15-5-3-6-16-18(15)20(23)27-26-16/h2-11H,1H3,(H3,23,26,27)(H2,24,25,28). The van der Waals surface area contributed by atoms with Crippen molar-refractivity contribution >= 4 is 34.1 Å². The number of nitrogens with one attached hydrogen (secondary N) is 3. The summed E-state index contributed by atoms with van der Waals surface area (Å²) in [6, 6.07) is 17.4. The Kier molecular flexibility index (Phi) is 4.41. The molecular formula is C21H18FN5O. The number of nitrogen functional groups attached to an aromatic ring is 1. The molecule has 0 spiro atoms. The van der Waals surface area contributed by atoms with Crippen molar-refractivity contribution in [3.8, 4) is 11.1 Å². The van der Waals surface area contributed by atoms with Gasteiger partial charge in [0.05, 0.1) is 16.6 Å². The van der Waals surface area contributed by atoms with Crippen molar-refractivity contribution in [2.45, 2.75) is 6.92 Å².